The molecule has 9 heteroatoms. The van der Waals surface area contributed by atoms with Crippen LogP contribution in [0.4, 0.5) is 10.8 Å². The average molecular weight is 425 g/mol. The summed E-state index contributed by atoms with van der Waals surface area (Å²) in [4.78, 5) is 38.0. The lowest BCUT2D eigenvalue weighted by molar-refractivity contribution is -0.384. The van der Waals surface area contributed by atoms with Crippen molar-refractivity contribution >= 4 is 34.3 Å². The van der Waals surface area contributed by atoms with E-state index < -0.39 is 10.8 Å². The smallest absolute Gasteiger partial charge is 0.270 e. The Hall–Kier alpha value is -3.59. The molecule has 0 atom stereocenters. The molecule has 0 aliphatic rings. The minimum absolute atomic E-state index is 0.00106. The van der Waals surface area contributed by atoms with E-state index in [1.165, 1.54) is 29.0 Å². The van der Waals surface area contributed by atoms with Crippen LogP contribution in [-0.2, 0) is 4.79 Å². The van der Waals surface area contributed by atoms with Crippen LogP contribution in [0.25, 0.3) is 11.3 Å². The number of aromatic nitrogens is 1. The van der Waals surface area contributed by atoms with E-state index in [1.807, 2.05) is 26.2 Å². The van der Waals surface area contributed by atoms with Crippen molar-refractivity contribution in [3.63, 3.8) is 0 Å². The monoisotopic (exact) mass is 425 g/mol. The Kier molecular flexibility index (Phi) is 6.22. The third kappa shape index (κ3) is 4.69. The molecule has 0 fully saturated rings. The molecule has 1 aromatic heterocycles. The van der Waals surface area contributed by atoms with Gasteiger partial charge in [0.05, 0.1) is 16.2 Å². The van der Waals surface area contributed by atoms with E-state index in [1.54, 1.807) is 0 Å². The number of nitrogens with one attached hydrogen (secondary N) is 1. The summed E-state index contributed by atoms with van der Waals surface area (Å²) in [6.45, 7) is 5.72. The zero-order chi connectivity index (χ0) is 21.8. The minimum Gasteiger partial charge on any atom is -0.483 e. The Morgan fingerprint density at radius 3 is 2.57 bits per heavy atom. The number of carbonyl (C=O) groups is 2. The molecule has 8 nitrogen and oxygen atoms in total. The van der Waals surface area contributed by atoms with E-state index in [0.29, 0.717) is 11.4 Å². The van der Waals surface area contributed by atoms with Gasteiger partial charge in [-0.2, -0.15) is 0 Å². The van der Waals surface area contributed by atoms with Gasteiger partial charge in [0, 0.05) is 23.1 Å². The normalized spacial score (nSPS) is 10.5. The number of hydrogen-bond donors (Lipinski definition) is 1. The van der Waals surface area contributed by atoms with Crippen LogP contribution >= 0.6 is 11.3 Å². The lowest BCUT2D eigenvalue weighted by atomic mass is 9.98. The highest BCUT2D eigenvalue weighted by atomic mass is 32.1. The molecular weight excluding hydrogens is 406 g/mol. The zero-order valence-electron chi connectivity index (χ0n) is 16.6. The first-order valence-electron chi connectivity index (χ1n) is 8.98. The molecule has 0 aliphatic heterocycles. The highest BCUT2D eigenvalue weighted by Gasteiger charge is 2.15. The number of nitro groups is 1. The van der Waals surface area contributed by atoms with Crippen molar-refractivity contribution < 1.29 is 19.2 Å². The summed E-state index contributed by atoms with van der Waals surface area (Å²) in [5.41, 5.74) is 4.98. The molecule has 0 unspecified atom stereocenters. The topological polar surface area (TPSA) is 111 Å². The molecule has 0 spiro atoms. The molecule has 2 aromatic carbocycles. The van der Waals surface area contributed by atoms with Crippen molar-refractivity contribution in [1.82, 2.24) is 4.98 Å². The van der Waals surface area contributed by atoms with Crippen LogP contribution in [0.15, 0.2) is 35.7 Å². The van der Waals surface area contributed by atoms with E-state index in [4.69, 9.17) is 4.74 Å². The van der Waals surface area contributed by atoms with Crippen molar-refractivity contribution in [1.29, 1.82) is 0 Å². The number of aryl methyl sites for hydroxylation is 3. The molecule has 3 aromatic rings. The number of carbonyl (C=O) groups excluding carboxylic acids is 2. The number of hydrogen-bond acceptors (Lipinski definition) is 7. The third-order valence-corrected chi connectivity index (χ3v) is 5.13. The van der Waals surface area contributed by atoms with E-state index in [0.717, 1.165) is 28.5 Å². The minimum atomic E-state index is -0.610. The number of benzene rings is 2. The second kappa shape index (κ2) is 8.83. The molecule has 0 radical (unpaired) electrons. The molecule has 0 aliphatic carbocycles. The van der Waals surface area contributed by atoms with Crippen LogP contribution in [0.3, 0.4) is 0 Å². The molecule has 0 saturated heterocycles. The SMILES string of the molecule is Cc1cc(C)c(-c2csc(NC(=O)COc3ccc([N+](=O)[O-])cc3C=O)n2)c(C)c1. The van der Waals surface area contributed by atoms with Gasteiger partial charge in [0.15, 0.2) is 18.0 Å². The predicted octanol–water partition coefficient (Wildman–Crippen LogP) is 4.47. The first-order valence-corrected chi connectivity index (χ1v) is 9.86. The summed E-state index contributed by atoms with van der Waals surface area (Å²) in [5.74, 6) is -0.361. The van der Waals surface area contributed by atoms with E-state index in [2.05, 4.69) is 22.4 Å². The molecule has 0 saturated carbocycles. The quantitative estimate of drug-likeness (QED) is 0.339. The number of rotatable bonds is 7. The lowest BCUT2D eigenvalue weighted by Gasteiger charge is -2.09. The van der Waals surface area contributed by atoms with Crippen LogP contribution < -0.4 is 10.1 Å². The number of nitro benzene ring substituents is 1. The number of nitrogens with zero attached hydrogens (tertiary/aromatic N) is 2. The molecule has 3 rings (SSSR count). The Balaban J connectivity index is 1.67. The molecule has 154 valence electrons. The number of thiazole rings is 1. The van der Waals surface area contributed by atoms with Crippen LogP contribution in [0.5, 0.6) is 5.75 Å². The van der Waals surface area contributed by atoms with Crippen LogP contribution in [0.2, 0.25) is 0 Å². The van der Waals surface area contributed by atoms with E-state index in [-0.39, 0.29) is 23.6 Å². The summed E-state index contributed by atoms with van der Waals surface area (Å²) >= 11 is 1.30. The van der Waals surface area contributed by atoms with Gasteiger partial charge in [-0.25, -0.2) is 4.98 Å². The Morgan fingerprint density at radius 1 is 1.23 bits per heavy atom. The number of ether oxygens (including phenoxy) is 1. The fraction of sp³-hybridized carbons (Fsp3) is 0.190. The van der Waals surface area contributed by atoms with Gasteiger partial charge in [0.2, 0.25) is 0 Å². The second-order valence-electron chi connectivity index (χ2n) is 6.75. The summed E-state index contributed by atoms with van der Waals surface area (Å²) in [5, 5.41) is 15.8. The zero-order valence-corrected chi connectivity index (χ0v) is 17.4. The fourth-order valence-electron chi connectivity index (χ4n) is 3.20. The number of aldehydes is 1. The molecule has 30 heavy (non-hydrogen) atoms. The second-order valence-corrected chi connectivity index (χ2v) is 7.60. The largest absolute Gasteiger partial charge is 0.483 e. The standard InChI is InChI=1S/C21H19N3O5S/c1-12-6-13(2)20(14(3)7-12)17-11-30-21(22-17)23-19(26)10-29-18-5-4-16(24(27)28)8-15(18)9-25/h4-9,11H,10H2,1-3H3,(H,22,23,26). The van der Waals surface area contributed by atoms with Gasteiger partial charge in [-0.3, -0.25) is 25.0 Å². The first-order chi connectivity index (χ1) is 14.3. The maximum absolute atomic E-state index is 12.2. The van der Waals surface area contributed by atoms with Gasteiger partial charge >= 0.3 is 0 Å². The van der Waals surface area contributed by atoms with E-state index >= 15 is 0 Å². The summed E-state index contributed by atoms with van der Waals surface area (Å²) < 4.78 is 5.35. The fourth-order valence-corrected chi connectivity index (χ4v) is 3.92. The summed E-state index contributed by atoms with van der Waals surface area (Å²) in [7, 11) is 0. The van der Waals surface area contributed by atoms with Gasteiger partial charge in [-0.1, -0.05) is 17.7 Å². The highest BCUT2D eigenvalue weighted by Crippen LogP contribution is 2.31. The predicted molar refractivity (Wildman–Crippen MR) is 114 cm³/mol. The van der Waals surface area contributed by atoms with Crippen molar-refractivity contribution in [2.75, 3.05) is 11.9 Å². The van der Waals surface area contributed by atoms with Crippen LogP contribution in [0.1, 0.15) is 27.0 Å². The molecule has 0 bridgehead atoms. The average Bonchev–Trinajstić information content (AvgIpc) is 3.13. The Bertz CT molecular complexity index is 1120. The van der Waals surface area contributed by atoms with Crippen molar-refractivity contribution in [3.8, 4) is 17.0 Å². The number of non-ortho nitro benzene ring substituents is 1. The van der Waals surface area contributed by atoms with Crippen LogP contribution in [-0.4, -0.2) is 28.7 Å². The summed E-state index contributed by atoms with van der Waals surface area (Å²) in [6, 6.07) is 7.77. The maximum atomic E-state index is 12.2. The van der Waals surface area contributed by atoms with Gasteiger partial charge in [0.25, 0.3) is 11.6 Å². The van der Waals surface area contributed by atoms with Gasteiger partial charge < -0.3 is 4.74 Å². The Morgan fingerprint density at radius 2 is 1.93 bits per heavy atom. The van der Waals surface area contributed by atoms with E-state index in [9.17, 15) is 19.7 Å². The number of amides is 1. The third-order valence-electron chi connectivity index (χ3n) is 4.37. The molecule has 1 N–H and O–H groups in total. The molecular formula is C21H19N3O5S. The van der Waals surface area contributed by atoms with Crippen molar-refractivity contribution in [3.05, 3.63) is 68.1 Å². The van der Waals surface area contributed by atoms with Crippen LogP contribution in [0, 0.1) is 30.9 Å². The molecule has 1 heterocycles. The van der Waals surface area contributed by atoms with Gasteiger partial charge in [0.1, 0.15) is 5.75 Å². The maximum Gasteiger partial charge on any atom is 0.270 e. The Labute approximate surface area is 176 Å². The van der Waals surface area contributed by atoms with Crippen molar-refractivity contribution in [2.24, 2.45) is 0 Å². The van der Waals surface area contributed by atoms with Gasteiger partial charge in [-0.15, -0.1) is 11.3 Å². The van der Waals surface area contributed by atoms with Gasteiger partial charge in [-0.05, 0) is 38.0 Å². The highest BCUT2D eigenvalue weighted by molar-refractivity contribution is 7.14. The number of anilines is 1. The van der Waals surface area contributed by atoms with Crippen molar-refractivity contribution in [2.45, 2.75) is 20.8 Å². The first kappa shape index (κ1) is 21.1. The summed E-state index contributed by atoms with van der Waals surface area (Å²) in [6.07, 6.45) is 0.444. The molecule has 1 amide bonds. The lowest BCUT2D eigenvalue weighted by Crippen LogP contribution is -2.20.